The van der Waals surface area contributed by atoms with E-state index in [-0.39, 0.29) is 18.0 Å². The predicted molar refractivity (Wildman–Crippen MR) is 81.9 cm³/mol. The van der Waals surface area contributed by atoms with Gasteiger partial charge in [-0.1, -0.05) is 25.3 Å². The largest absolute Gasteiger partial charge is 0.395 e. The molecule has 0 aromatic heterocycles. The third kappa shape index (κ3) is 4.15. The van der Waals surface area contributed by atoms with E-state index in [0.29, 0.717) is 19.1 Å². The van der Waals surface area contributed by atoms with Crippen molar-refractivity contribution in [3.8, 4) is 0 Å². The maximum Gasteiger partial charge on any atom is 0.292 e. The number of nitro benzene ring substituents is 1. The number of nitrogens with two attached hydrogens (primary N) is 1. The molecular formula is C15H23N3O3. The van der Waals surface area contributed by atoms with Gasteiger partial charge in [0, 0.05) is 25.2 Å². The van der Waals surface area contributed by atoms with Crippen LogP contribution in [0, 0.1) is 10.1 Å². The van der Waals surface area contributed by atoms with Crippen molar-refractivity contribution in [3.63, 3.8) is 0 Å². The van der Waals surface area contributed by atoms with Crippen LogP contribution in [0.15, 0.2) is 18.2 Å². The van der Waals surface area contributed by atoms with Crippen molar-refractivity contribution < 1.29 is 10.0 Å². The van der Waals surface area contributed by atoms with Gasteiger partial charge in [0.1, 0.15) is 5.69 Å². The van der Waals surface area contributed by atoms with E-state index in [1.54, 1.807) is 12.1 Å². The van der Waals surface area contributed by atoms with Gasteiger partial charge in [-0.05, 0) is 24.5 Å². The quantitative estimate of drug-likeness (QED) is 0.477. The molecule has 0 unspecified atom stereocenters. The number of rotatable bonds is 6. The fraction of sp³-hybridized carbons (Fsp3) is 0.600. The second-order valence-electron chi connectivity index (χ2n) is 5.64. The van der Waals surface area contributed by atoms with Crippen LogP contribution in [0.3, 0.4) is 0 Å². The topological polar surface area (TPSA) is 92.6 Å². The molecule has 1 aliphatic carbocycles. The number of nitrogen functional groups attached to an aromatic ring is 1. The number of nitrogens with zero attached hydrogens (tertiary/aromatic N) is 2. The van der Waals surface area contributed by atoms with E-state index in [1.165, 1.54) is 19.3 Å². The van der Waals surface area contributed by atoms with Crippen molar-refractivity contribution >= 4 is 11.4 Å². The Labute approximate surface area is 124 Å². The molecule has 0 heterocycles. The van der Waals surface area contributed by atoms with Crippen molar-refractivity contribution in [2.24, 2.45) is 0 Å². The second-order valence-corrected chi connectivity index (χ2v) is 5.64. The molecule has 116 valence electrons. The van der Waals surface area contributed by atoms with Crippen molar-refractivity contribution in [2.45, 2.75) is 44.7 Å². The second kappa shape index (κ2) is 7.38. The monoisotopic (exact) mass is 293 g/mol. The Morgan fingerprint density at radius 2 is 2.05 bits per heavy atom. The maximum atomic E-state index is 11.0. The van der Waals surface area contributed by atoms with E-state index in [2.05, 4.69) is 4.90 Å². The van der Waals surface area contributed by atoms with Gasteiger partial charge in [0.2, 0.25) is 0 Å². The third-order valence-electron chi connectivity index (χ3n) is 4.16. The first-order valence-corrected chi connectivity index (χ1v) is 7.49. The number of benzene rings is 1. The molecule has 0 radical (unpaired) electrons. The normalized spacial score (nSPS) is 16.3. The molecule has 2 rings (SSSR count). The zero-order valence-electron chi connectivity index (χ0n) is 12.2. The van der Waals surface area contributed by atoms with Crippen LogP contribution in [-0.4, -0.2) is 34.1 Å². The lowest BCUT2D eigenvalue weighted by atomic mass is 9.94. The molecule has 0 spiro atoms. The summed E-state index contributed by atoms with van der Waals surface area (Å²) in [6.45, 7) is 1.32. The summed E-state index contributed by atoms with van der Waals surface area (Å²) in [5.41, 5.74) is 6.65. The zero-order valence-corrected chi connectivity index (χ0v) is 12.2. The number of aliphatic hydroxyl groups is 1. The molecule has 6 nitrogen and oxygen atoms in total. The molecule has 1 aromatic carbocycles. The van der Waals surface area contributed by atoms with E-state index < -0.39 is 4.92 Å². The van der Waals surface area contributed by atoms with Crippen molar-refractivity contribution in [3.05, 3.63) is 33.9 Å². The summed E-state index contributed by atoms with van der Waals surface area (Å²) >= 11 is 0. The molecule has 6 heteroatoms. The standard InChI is InChI=1S/C15H23N3O3/c16-14-7-6-12(10-15(14)18(20)21)11-17(8-9-19)13-4-2-1-3-5-13/h6-7,10,13,19H,1-5,8-9,11,16H2. The van der Waals surface area contributed by atoms with E-state index >= 15 is 0 Å². The SMILES string of the molecule is Nc1ccc(CN(CCO)C2CCCCC2)cc1[N+](=O)[O-]. The van der Waals surface area contributed by atoms with Crippen LogP contribution < -0.4 is 5.73 Å². The Morgan fingerprint density at radius 3 is 2.67 bits per heavy atom. The van der Waals surface area contributed by atoms with E-state index in [1.807, 2.05) is 6.07 Å². The minimum absolute atomic E-state index is 0.0416. The highest BCUT2D eigenvalue weighted by Gasteiger charge is 2.21. The van der Waals surface area contributed by atoms with E-state index in [9.17, 15) is 15.2 Å². The first kappa shape index (κ1) is 15.7. The molecule has 1 saturated carbocycles. The van der Waals surface area contributed by atoms with Crippen LogP contribution in [-0.2, 0) is 6.54 Å². The molecule has 0 saturated heterocycles. The van der Waals surface area contributed by atoms with Gasteiger partial charge in [-0.25, -0.2) is 0 Å². The molecule has 0 atom stereocenters. The van der Waals surface area contributed by atoms with Crippen molar-refractivity contribution in [1.29, 1.82) is 0 Å². The lowest BCUT2D eigenvalue weighted by Gasteiger charge is -2.34. The summed E-state index contributed by atoms with van der Waals surface area (Å²) in [5, 5.41) is 20.2. The maximum absolute atomic E-state index is 11.0. The predicted octanol–water partition coefficient (Wildman–Crippen LogP) is 2.30. The Bertz CT molecular complexity index is 487. The molecule has 0 amide bonds. The molecule has 1 aliphatic rings. The highest BCUT2D eigenvalue weighted by molar-refractivity contribution is 5.59. The van der Waals surface area contributed by atoms with Gasteiger partial charge in [0.05, 0.1) is 11.5 Å². The van der Waals surface area contributed by atoms with Gasteiger partial charge < -0.3 is 10.8 Å². The molecule has 3 N–H and O–H groups in total. The van der Waals surface area contributed by atoms with Gasteiger partial charge in [-0.3, -0.25) is 15.0 Å². The van der Waals surface area contributed by atoms with Crippen LogP contribution >= 0.6 is 0 Å². The average molecular weight is 293 g/mol. The lowest BCUT2D eigenvalue weighted by molar-refractivity contribution is -0.384. The summed E-state index contributed by atoms with van der Waals surface area (Å²) < 4.78 is 0. The summed E-state index contributed by atoms with van der Waals surface area (Å²) in [7, 11) is 0. The Morgan fingerprint density at radius 1 is 1.33 bits per heavy atom. The van der Waals surface area contributed by atoms with Gasteiger partial charge in [-0.15, -0.1) is 0 Å². The van der Waals surface area contributed by atoms with Crippen molar-refractivity contribution in [2.75, 3.05) is 18.9 Å². The van der Waals surface area contributed by atoms with Crippen LogP contribution in [0.4, 0.5) is 11.4 Å². The van der Waals surface area contributed by atoms with Gasteiger partial charge in [-0.2, -0.15) is 0 Å². The highest BCUT2D eigenvalue weighted by atomic mass is 16.6. The number of aliphatic hydroxyl groups excluding tert-OH is 1. The fourth-order valence-corrected chi connectivity index (χ4v) is 3.05. The molecule has 0 bridgehead atoms. The summed E-state index contributed by atoms with van der Waals surface area (Å²) in [5.74, 6) is 0. The fourth-order valence-electron chi connectivity index (χ4n) is 3.05. The van der Waals surface area contributed by atoms with Crippen LogP contribution in [0.1, 0.15) is 37.7 Å². The van der Waals surface area contributed by atoms with Gasteiger partial charge in [0.25, 0.3) is 5.69 Å². The summed E-state index contributed by atoms with van der Waals surface area (Å²) in [6.07, 6.45) is 5.98. The van der Waals surface area contributed by atoms with Gasteiger partial charge >= 0.3 is 0 Å². The Kier molecular flexibility index (Phi) is 5.52. The van der Waals surface area contributed by atoms with Crippen LogP contribution in [0.5, 0.6) is 0 Å². The van der Waals surface area contributed by atoms with Crippen molar-refractivity contribution in [1.82, 2.24) is 4.90 Å². The first-order chi connectivity index (χ1) is 10.1. The Balaban J connectivity index is 2.12. The number of anilines is 1. The molecule has 0 aliphatic heterocycles. The first-order valence-electron chi connectivity index (χ1n) is 7.49. The van der Waals surface area contributed by atoms with E-state index in [0.717, 1.165) is 18.4 Å². The minimum Gasteiger partial charge on any atom is -0.395 e. The number of hydrogen-bond acceptors (Lipinski definition) is 5. The van der Waals surface area contributed by atoms with Crippen LogP contribution in [0.25, 0.3) is 0 Å². The molecule has 1 aromatic rings. The smallest absolute Gasteiger partial charge is 0.292 e. The highest BCUT2D eigenvalue weighted by Crippen LogP contribution is 2.26. The number of nitro groups is 1. The zero-order chi connectivity index (χ0) is 15.2. The summed E-state index contributed by atoms with van der Waals surface area (Å²) in [6, 6.07) is 5.42. The van der Waals surface area contributed by atoms with E-state index in [4.69, 9.17) is 5.73 Å². The summed E-state index contributed by atoms with van der Waals surface area (Å²) in [4.78, 5) is 12.7. The lowest BCUT2D eigenvalue weighted by Crippen LogP contribution is -2.38. The number of hydrogen-bond donors (Lipinski definition) is 2. The Hall–Kier alpha value is -1.66. The molecular weight excluding hydrogens is 270 g/mol. The van der Waals surface area contributed by atoms with Gasteiger partial charge in [0.15, 0.2) is 0 Å². The van der Waals surface area contributed by atoms with Crippen LogP contribution in [0.2, 0.25) is 0 Å². The molecule has 1 fully saturated rings. The molecule has 21 heavy (non-hydrogen) atoms. The minimum atomic E-state index is -0.449. The average Bonchev–Trinajstić information content (AvgIpc) is 2.49. The third-order valence-corrected chi connectivity index (χ3v) is 4.16.